The minimum Gasteiger partial charge on any atom is -0.463 e. The van der Waals surface area contributed by atoms with Crippen molar-refractivity contribution in [1.82, 2.24) is 0 Å². The van der Waals surface area contributed by atoms with Gasteiger partial charge in [-0.3, -0.25) is 0 Å². The third-order valence-electron chi connectivity index (χ3n) is 3.36. The lowest BCUT2D eigenvalue weighted by Gasteiger charge is -2.07. The number of hydrogen-bond donors (Lipinski definition) is 0. The molecule has 0 saturated heterocycles. The van der Waals surface area contributed by atoms with Crippen LogP contribution in [0.3, 0.4) is 0 Å². The molecule has 2 aromatic rings. The minimum atomic E-state index is -0.267. The maximum atomic E-state index is 11.4. The summed E-state index contributed by atoms with van der Waals surface area (Å²) in [5, 5.41) is 0. The van der Waals surface area contributed by atoms with Crippen LogP contribution in [-0.2, 0) is 16.0 Å². The van der Waals surface area contributed by atoms with Gasteiger partial charge < -0.3 is 9.47 Å². The molecule has 120 valence electrons. The lowest BCUT2D eigenvalue weighted by atomic mass is 10.1. The first-order chi connectivity index (χ1) is 11.2. The average Bonchev–Trinajstić information content (AvgIpc) is 2.55. The van der Waals surface area contributed by atoms with E-state index in [9.17, 15) is 4.79 Å². The van der Waals surface area contributed by atoms with E-state index >= 15 is 0 Å². The Balaban J connectivity index is 1.86. The third-order valence-corrected chi connectivity index (χ3v) is 3.36. The van der Waals surface area contributed by atoms with Crippen LogP contribution in [-0.4, -0.2) is 12.6 Å². The molecular weight excluding hydrogens is 288 g/mol. The maximum absolute atomic E-state index is 11.4. The zero-order chi connectivity index (χ0) is 16.5. The van der Waals surface area contributed by atoms with Gasteiger partial charge in [0.1, 0.15) is 11.5 Å². The highest BCUT2D eigenvalue weighted by Crippen LogP contribution is 2.21. The van der Waals surface area contributed by atoms with Crippen LogP contribution < -0.4 is 4.74 Å². The number of rotatable bonds is 7. The second-order valence-electron chi connectivity index (χ2n) is 5.30. The molecule has 0 aliphatic rings. The van der Waals surface area contributed by atoms with Gasteiger partial charge in [-0.25, -0.2) is 4.79 Å². The second kappa shape index (κ2) is 8.79. The van der Waals surface area contributed by atoms with Gasteiger partial charge >= 0.3 is 5.97 Å². The molecule has 2 rings (SSSR count). The predicted octanol–water partition coefficient (Wildman–Crippen LogP) is 4.92. The summed E-state index contributed by atoms with van der Waals surface area (Å²) in [7, 11) is 0. The van der Waals surface area contributed by atoms with Crippen molar-refractivity contribution < 1.29 is 14.3 Å². The molecule has 0 N–H and O–H groups in total. The Bertz CT molecular complexity index is 642. The van der Waals surface area contributed by atoms with Crippen LogP contribution in [0.2, 0.25) is 0 Å². The van der Waals surface area contributed by atoms with E-state index in [-0.39, 0.29) is 5.97 Å². The summed E-state index contributed by atoms with van der Waals surface area (Å²) in [4.78, 5) is 11.4. The van der Waals surface area contributed by atoms with Crippen LogP contribution in [0, 0.1) is 0 Å². The standard InChI is InChI=1S/C20H22O3/c1-3-22-20(21)15-16(2)9-10-17-11-13-19(14-12-17)23-18-7-5-4-6-8-18/h4-8,11-15H,3,9-10H2,1-2H3/b16-15-. The Morgan fingerprint density at radius 2 is 1.65 bits per heavy atom. The highest BCUT2D eigenvalue weighted by Gasteiger charge is 2.01. The zero-order valence-electron chi connectivity index (χ0n) is 13.6. The number of carbonyl (C=O) groups excluding carboxylic acids is 1. The van der Waals surface area contributed by atoms with E-state index in [1.165, 1.54) is 5.56 Å². The number of benzene rings is 2. The first-order valence-electron chi connectivity index (χ1n) is 7.83. The van der Waals surface area contributed by atoms with E-state index in [1.807, 2.05) is 49.4 Å². The van der Waals surface area contributed by atoms with E-state index in [0.717, 1.165) is 29.9 Å². The highest BCUT2D eigenvalue weighted by atomic mass is 16.5. The zero-order valence-corrected chi connectivity index (χ0v) is 13.6. The molecule has 0 spiro atoms. The van der Waals surface area contributed by atoms with Crippen molar-refractivity contribution in [3.05, 3.63) is 71.8 Å². The minimum absolute atomic E-state index is 0.267. The van der Waals surface area contributed by atoms with Crippen molar-refractivity contribution in [3.8, 4) is 11.5 Å². The van der Waals surface area contributed by atoms with Crippen LogP contribution in [0.1, 0.15) is 25.8 Å². The van der Waals surface area contributed by atoms with E-state index in [0.29, 0.717) is 6.61 Å². The van der Waals surface area contributed by atoms with Crippen LogP contribution in [0.5, 0.6) is 11.5 Å². The first kappa shape index (κ1) is 16.8. The van der Waals surface area contributed by atoms with Crippen molar-refractivity contribution in [1.29, 1.82) is 0 Å². The van der Waals surface area contributed by atoms with Gasteiger partial charge in [0, 0.05) is 6.08 Å². The molecule has 0 bridgehead atoms. The number of hydrogen-bond acceptors (Lipinski definition) is 3. The van der Waals surface area contributed by atoms with E-state index < -0.39 is 0 Å². The summed E-state index contributed by atoms with van der Waals surface area (Å²) >= 11 is 0. The summed E-state index contributed by atoms with van der Waals surface area (Å²) in [5.41, 5.74) is 2.23. The molecule has 0 unspecified atom stereocenters. The number of para-hydroxylation sites is 1. The fourth-order valence-corrected chi connectivity index (χ4v) is 2.15. The molecule has 2 aromatic carbocycles. The van der Waals surface area contributed by atoms with Crippen molar-refractivity contribution in [2.24, 2.45) is 0 Å². The molecule has 3 nitrogen and oxygen atoms in total. The molecule has 0 aromatic heterocycles. The fourth-order valence-electron chi connectivity index (χ4n) is 2.15. The Labute approximate surface area is 137 Å². The Hall–Kier alpha value is -2.55. The van der Waals surface area contributed by atoms with Crippen molar-refractivity contribution >= 4 is 5.97 Å². The van der Waals surface area contributed by atoms with E-state index in [1.54, 1.807) is 13.0 Å². The summed E-state index contributed by atoms with van der Waals surface area (Å²) in [6, 6.07) is 17.7. The van der Waals surface area contributed by atoms with Gasteiger partial charge in [0.2, 0.25) is 0 Å². The lowest BCUT2D eigenvalue weighted by molar-refractivity contribution is -0.137. The van der Waals surface area contributed by atoms with Gasteiger partial charge in [-0.1, -0.05) is 35.9 Å². The van der Waals surface area contributed by atoms with Crippen LogP contribution in [0.15, 0.2) is 66.2 Å². The molecule has 0 radical (unpaired) electrons. The molecule has 0 heterocycles. The number of ether oxygens (including phenoxy) is 2. The summed E-state index contributed by atoms with van der Waals surface area (Å²) in [6.45, 7) is 4.16. The largest absolute Gasteiger partial charge is 0.463 e. The third kappa shape index (κ3) is 5.99. The Kier molecular flexibility index (Phi) is 6.42. The van der Waals surface area contributed by atoms with Gasteiger partial charge in [0.05, 0.1) is 6.61 Å². The maximum Gasteiger partial charge on any atom is 0.330 e. The number of aryl methyl sites for hydroxylation is 1. The molecule has 0 saturated carbocycles. The summed E-state index contributed by atoms with van der Waals surface area (Å²) < 4.78 is 10.7. The molecule has 0 aliphatic carbocycles. The van der Waals surface area contributed by atoms with Crippen LogP contribution >= 0.6 is 0 Å². The quantitative estimate of drug-likeness (QED) is 0.538. The van der Waals surface area contributed by atoms with Gasteiger partial charge in [-0.2, -0.15) is 0 Å². The predicted molar refractivity (Wildman–Crippen MR) is 91.7 cm³/mol. The van der Waals surface area contributed by atoms with Gasteiger partial charge in [0.25, 0.3) is 0 Å². The molecule has 0 atom stereocenters. The monoisotopic (exact) mass is 310 g/mol. The second-order valence-corrected chi connectivity index (χ2v) is 5.30. The normalized spacial score (nSPS) is 11.1. The molecule has 0 aliphatic heterocycles. The summed E-state index contributed by atoms with van der Waals surface area (Å²) in [5.74, 6) is 1.38. The van der Waals surface area contributed by atoms with Crippen molar-refractivity contribution in [2.45, 2.75) is 26.7 Å². The highest BCUT2D eigenvalue weighted by molar-refractivity contribution is 5.82. The fraction of sp³-hybridized carbons (Fsp3) is 0.250. The average molecular weight is 310 g/mol. The summed E-state index contributed by atoms with van der Waals surface area (Å²) in [6.07, 6.45) is 3.28. The SMILES string of the molecule is CCOC(=O)/C=C(/C)CCc1ccc(Oc2ccccc2)cc1. The number of esters is 1. The van der Waals surface area contributed by atoms with E-state index in [4.69, 9.17) is 9.47 Å². The molecule has 0 fully saturated rings. The smallest absolute Gasteiger partial charge is 0.330 e. The number of allylic oxidation sites excluding steroid dienone is 1. The topological polar surface area (TPSA) is 35.5 Å². The Morgan fingerprint density at radius 1 is 1.00 bits per heavy atom. The van der Waals surface area contributed by atoms with Crippen LogP contribution in [0.4, 0.5) is 0 Å². The molecule has 3 heteroatoms. The molecule has 23 heavy (non-hydrogen) atoms. The van der Waals surface area contributed by atoms with E-state index in [2.05, 4.69) is 12.1 Å². The van der Waals surface area contributed by atoms with Crippen molar-refractivity contribution in [3.63, 3.8) is 0 Å². The van der Waals surface area contributed by atoms with Crippen molar-refractivity contribution in [2.75, 3.05) is 6.61 Å². The Morgan fingerprint density at radius 3 is 2.30 bits per heavy atom. The first-order valence-corrected chi connectivity index (χ1v) is 7.83. The van der Waals surface area contributed by atoms with Gasteiger partial charge in [-0.15, -0.1) is 0 Å². The van der Waals surface area contributed by atoms with Crippen LogP contribution in [0.25, 0.3) is 0 Å². The molecular formula is C20H22O3. The number of carbonyl (C=O) groups is 1. The van der Waals surface area contributed by atoms with Gasteiger partial charge in [0.15, 0.2) is 0 Å². The van der Waals surface area contributed by atoms with Gasteiger partial charge in [-0.05, 0) is 56.5 Å². The lowest BCUT2D eigenvalue weighted by Crippen LogP contribution is -2.00. The molecule has 0 amide bonds.